The van der Waals surface area contributed by atoms with Crippen LogP contribution in [0.3, 0.4) is 0 Å². The predicted molar refractivity (Wildman–Crippen MR) is 297 cm³/mol. The number of benzene rings is 2. The Labute approximate surface area is 456 Å². The van der Waals surface area contributed by atoms with Gasteiger partial charge in [-0.1, -0.05) is 43.8 Å². The molecule has 0 atom stereocenters. The first-order valence-corrected chi connectivity index (χ1v) is 25.8. The molecule has 5 rings (SSSR count). The number of ether oxygens (including phenoxy) is 3. The number of phenols is 2. The summed E-state index contributed by atoms with van der Waals surface area (Å²) >= 11 is 0. The van der Waals surface area contributed by atoms with E-state index >= 15 is 0 Å². The number of carboxylic acid groups (broad SMARTS) is 1. The van der Waals surface area contributed by atoms with Crippen molar-refractivity contribution in [2.45, 2.75) is 157 Å². The minimum atomic E-state index is -0.763. The molecule has 0 saturated carbocycles. The number of allylic oxidation sites excluding steroid dienone is 2. The first kappa shape index (κ1) is 68.1. The second-order valence-electron chi connectivity index (χ2n) is 21.9. The van der Waals surface area contributed by atoms with Gasteiger partial charge in [0.05, 0.1) is 11.8 Å². The second kappa shape index (κ2) is 33.3. The number of hydrazone groups is 1. The third-order valence-corrected chi connectivity index (χ3v) is 11.9. The maximum Gasteiger partial charge on any atom is 0.410 e. The first-order chi connectivity index (χ1) is 35.6. The molecule has 430 valence electrons. The number of carboxylic acids is 1. The van der Waals surface area contributed by atoms with Crippen molar-refractivity contribution >= 4 is 48.6 Å². The van der Waals surface area contributed by atoms with Gasteiger partial charge in [0.15, 0.2) is 6.29 Å². The van der Waals surface area contributed by atoms with E-state index in [9.17, 15) is 43.8 Å². The quantitative estimate of drug-likeness (QED) is 0.0207. The van der Waals surface area contributed by atoms with Crippen LogP contribution in [0.1, 0.15) is 155 Å². The van der Waals surface area contributed by atoms with Crippen LogP contribution in [0.4, 0.5) is 14.4 Å². The van der Waals surface area contributed by atoms with Gasteiger partial charge in [-0.05, 0) is 155 Å². The van der Waals surface area contributed by atoms with Crippen molar-refractivity contribution in [2.24, 2.45) is 28.7 Å². The lowest BCUT2D eigenvalue weighted by Gasteiger charge is -2.33. The highest BCUT2D eigenvalue weighted by molar-refractivity contribution is 5.86. The lowest BCUT2D eigenvalue weighted by Crippen LogP contribution is -2.42. The fourth-order valence-electron chi connectivity index (χ4n) is 8.05. The van der Waals surface area contributed by atoms with Crippen molar-refractivity contribution < 1.29 is 63.1 Å². The average Bonchev–Trinajstić information content (AvgIpc) is 3.33. The molecule has 3 fully saturated rings. The molecule has 2 aromatic rings. The molecule has 0 radical (unpaired) electrons. The number of nitrogens with zero attached hydrogens (tertiary/aromatic N) is 4. The summed E-state index contributed by atoms with van der Waals surface area (Å²) in [6.07, 6.45) is 11.3. The molecule has 0 aliphatic carbocycles. The first-order valence-electron chi connectivity index (χ1n) is 25.8. The SMILES string of the molecule is C.C=CCc1cccc(/C=N/NC(=O)CC2CCN(C(=O)OC(C)(C)C)CC2)c1O.C=CCc1cccc(C=O)c1O.CC(C)(C)OC(=O)N1CCC(CC(=O)NN)CC1.CC(C)(C)OC(=O)N1CCC(CC(=O)O)CC1. The van der Waals surface area contributed by atoms with Crippen molar-refractivity contribution in [3.63, 3.8) is 0 Å². The molecule has 5 amide bonds. The van der Waals surface area contributed by atoms with E-state index in [0.717, 1.165) is 49.7 Å². The second-order valence-corrected chi connectivity index (χ2v) is 21.9. The predicted octanol–water partition coefficient (Wildman–Crippen LogP) is 9.30. The van der Waals surface area contributed by atoms with Crippen LogP contribution >= 0.6 is 0 Å². The molecule has 0 unspecified atom stereocenters. The summed E-state index contributed by atoms with van der Waals surface area (Å²) in [5.41, 5.74) is 5.55. The number of aldehydes is 1. The molecule has 7 N–H and O–H groups in total. The number of likely N-dealkylation sites (tertiary alicyclic amines) is 3. The summed E-state index contributed by atoms with van der Waals surface area (Å²) in [7, 11) is 0. The van der Waals surface area contributed by atoms with E-state index in [2.05, 4.69) is 29.1 Å². The Hall–Kier alpha value is -6.96. The van der Waals surface area contributed by atoms with Gasteiger partial charge in [0.25, 0.3) is 0 Å². The molecule has 2 aromatic carbocycles. The maximum absolute atomic E-state index is 12.2. The van der Waals surface area contributed by atoms with E-state index in [0.29, 0.717) is 88.3 Å². The van der Waals surface area contributed by atoms with E-state index in [1.54, 1.807) is 51.1 Å². The largest absolute Gasteiger partial charge is 0.507 e. The fourth-order valence-corrected chi connectivity index (χ4v) is 8.05. The fraction of sp³-hybridized carbons (Fsp3) is 0.579. The zero-order valence-corrected chi connectivity index (χ0v) is 46.2. The number of phenolic OH excluding ortho intramolecular Hbond substituents is 2. The van der Waals surface area contributed by atoms with Crippen molar-refractivity contribution in [3.8, 4) is 11.5 Å². The van der Waals surface area contributed by atoms with Gasteiger partial charge in [-0.15, -0.1) is 13.2 Å². The lowest BCUT2D eigenvalue weighted by molar-refractivity contribution is -0.138. The summed E-state index contributed by atoms with van der Waals surface area (Å²) < 4.78 is 16.0. The van der Waals surface area contributed by atoms with Crippen LogP contribution in [-0.4, -0.2) is 135 Å². The molecule has 3 saturated heterocycles. The number of para-hydroxylation sites is 2. The van der Waals surface area contributed by atoms with Gasteiger partial charge in [0.2, 0.25) is 11.8 Å². The summed E-state index contributed by atoms with van der Waals surface area (Å²) in [6, 6.07) is 10.4. The number of nitrogens with one attached hydrogen (secondary N) is 2. The molecule has 3 aliphatic rings. The normalized spacial score (nSPS) is 15.3. The lowest BCUT2D eigenvalue weighted by atomic mass is 9.93. The number of amides is 5. The number of carbonyl (C=O) groups excluding carboxylic acids is 6. The van der Waals surface area contributed by atoms with Crippen molar-refractivity contribution in [1.29, 1.82) is 0 Å². The molecule has 77 heavy (non-hydrogen) atoms. The van der Waals surface area contributed by atoms with Crippen molar-refractivity contribution in [1.82, 2.24) is 25.6 Å². The highest BCUT2D eigenvalue weighted by Gasteiger charge is 2.30. The van der Waals surface area contributed by atoms with Gasteiger partial charge in [0, 0.05) is 64.1 Å². The Morgan fingerprint density at radius 1 is 0.610 bits per heavy atom. The topological polar surface area (TPSA) is 280 Å². The van der Waals surface area contributed by atoms with Gasteiger partial charge >= 0.3 is 24.2 Å². The standard InChI is InChI=1S/C22H31N3O4.C12H23N3O3.C12H21NO4.C10H10O2.CH4/c1-5-7-17-8-6-9-18(20(17)27)15-23-24-19(26)14-16-10-12-25(13-11-16)21(28)29-22(2,3)4;1-12(2,3)18-11(17)15-6-4-9(5-7-15)8-10(16)14-13;1-12(2,3)17-11(16)13-6-4-9(5-7-13)8-10(14)15;1-2-4-8-5-3-6-9(7-11)10(8)12;/h5-6,8-9,15-16,27H,1,7,10-14H2,2-4H3,(H,24,26);9H,4-8,13H2,1-3H3,(H,14,16);9H,4-8H2,1-3H3,(H,14,15);2-3,5-7,12H,1,4H2;1H4/b23-15+;;;;. The summed E-state index contributed by atoms with van der Waals surface area (Å²) in [6.45, 7) is 27.4. The van der Waals surface area contributed by atoms with Gasteiger partial charge in [0.1, 0.15) is 28.3 Å². The van der Waals surface area contributed by atoms with Crippen LogP contribution < -0.4 is 16.7 Å². The summed E-state index contributed by atoms with van der Waals surface area (Å²) in [5, 5.41) is 32.3. The Bertz CT molecular complexity index is 2260. The minimum absolute atomic E-state index is 0. The van der Waals surface area contributed by atoms with Crippen LogP contribution in [0.25, 0.3) is 0 Å². The minimum Gasteiger partial charge on any atom is -0.507 e. The van der Waals surface area contributed by atoms with Crippen LogP contribution in [0.2, 0.25) is 0 Å². The number of rotatable bonds is 13. The number of carbonyl (C=O) groups is 7. The summed E-state index contributed by atoms with van der Waals surface area (Å²) in [4.78, 5) is 84.9. The third kappa shape index (κ3) is 27.6. The Morgan fingerprint density at radius 3 is 1.27 bits per heavy atom. The third-order valence-electron chi connectivity index (χ3n) is 11.9. The van der Waals surface area contributed by atoms with Crippen LogP contribution in [-0.2, 0) is 41.4 Å². The molecule has 3 aliphatic heterocycles. The zero-order chi connectivity index (χ0) is 57.2. The molecule has 0 bridgehead atoms. The molecular weight excluding hydrogens is 991 g/mol. The van der Waals surface area contributed by atoms with Crippen LogP contribution in [0.5, 0.6) is 11.5 Å². The maximum atomic E-state index is 12.2. The highest BCUT2D eigenvalue weighted by atomic mass is 16.6. The van der Waals surface area contributed by atoms with E-state index < -0.39 is 22.8 Å². The Balaban J connectivity index is 0.000000538. The number of hydrazine groups is 1. The molecule has 0 spiro atoms. The van der Waals surface area contributed by atoms with E-state index in [4.69, 9.17) is 25.2 Å². The average molecular weight is 1080 g/mol. The molecule has 3 heterocycles. The van der Waals surface area contributed by atoms with Crippen LogP contribution in [0, 0.1) is 17.8 Å². The monoisotopic (exact) mass is 1080 g/mol. The zero-order valence-electron chi connectivity index (χ0n) is 46.2. The smallest absolute Gasteiger partial charge is 0.410 e. The van der Waals surface area contributed by atoms with Gasteiger partial charge in [-0.25, -0.2) is 25.7 Å². The highest BCUT2D eigenvalue weighted by Crippen LogP contribution is 2.26. The number of hydrogen-bond acceptors (Lipinski definition) is 14. The number of hydrogen-bond donors (Lipinski definition) is 6. The van der Waals surface area contributed by atoms with E-state index in [1.165, 1.54) is 6.21 Å². The van der Waals surface area contributed by atoms with Gasteiger partial charge in [-0.2, -0.15) is 5.10 Å². The van der Waals surface area contributed by atoms with Crippen molar-refractivity contribution in [2.75, 3.05) is 39.3 Å². The molecular formula is C57H89N7O13. The van der Waals surface area contributed by atoms with Crippen molar-refractivity contribution in [3.05, 3.63) is 84.0 Å². The molecule has 0 aromatic heterocycles. The van der Waals surface area contributed by atoms with E-state index in [-0.39, 0.29) is 67.3 Å². The van der Waals surface area contributed by atoms with Gasteiger partial charge < -0.3 is 44.2 Å². The number of aliphatic carboxylic acids is 1. The van der Waals surface area contributed by atoms with Crippen LogP contribution in [0.15, 0.2) is 66.8 Å². The number of aromatic hydroxyl groups is 2. The molecule has 20 nitrogen and oxygen atoms in total. The number of nitrogens with two attached hydrogens (primary N) is 1. The molecule has 20 heteroatoms. The van der Waals surface area contributed by atoms with E-state index in [1.807, 2.05) is 74.4 Å². The van der Waals surface area contributed by atoms with Gasteiger partial charge in [-0.3, -0.25) is 24.6 Å². The number of piperidine rings is 3. The summed E-state index contributed by atoms with van der Waals surface area (Å²) in [5.74, 6) is 4.85. The Morgan fingerprint density at radius 2 is 0.948 bits per heavy atom. The Kier molecular flexibility index (Phi) is 29.4.